The monoisotopic (exact) mass is 261 g/mol. The van der Waals surface area contributed by atoms with E-state index < -0.39 is 0 Å². The Labute approximate surface area is 90.7 Å². The topological polar surface area (TPSA) is 64.7 Å². The molecule has 14 heavy (non-hydrogen) atoms. The number of hydrogen-bond acceptors (Lipinski definition) is 4. The van der Waals surface area contributed by atoms with Crippen molar-refractivity contribution in [1.29, 1.82) is 0 Å². The Balaban J connectivity index is 2.92. The third-order valence-corrected chi connectivity index (χ3v) is 2.75. The molecule has 0 radical (unpaired) electrons. The summed E-state index contributed by atoms with van der Waals surface area (Å²) in [6.45, 7) is 0.407. The lowest BCUT2D eigenvalue weighted by molar-refractivity contribution is 0.141. The molecule has 0 aliphatic heterocycles. The van der Waals surface area contributed by atoms with Gasteiger partial charge in [-0.15, -0.1) is 0 Å². The molecule has 0 heterocycles. The van der Waals surface area contributed by atoms with Crippen LogP contribution in [0, 0.1) is 0 Å². The van der Waals surface area contributed by atoms with Crippen LogP contribution < -0.4 is 10.6 Å². The van der Waals surface area contributed by atoms with Crippen molar-refractivity contribution in [2.24, 2.45) is 5.90 Å². The van der Waals surface area contributed by atoms with Crippen molar-refractivity contribution in [3.05, 3.63) is 22.2 Å². The van der Waals surface area contributed by atoms with Crippen molar-refractivity contribution in [3.63, 3.8) is 0 Å². The van der Waals surface area contributed by atoms with Gasteiger partial charge >= 0.3 is 0 Å². The van der Waals surface area contributed by atoms with Gasteiger partial charge in [0.15, 0.2) is 11.5 Å². The van der Waals surface area contributed by atoms with E-state index in [9.17, 15) is 5.11 Å². The fourth-order valence-corrected chi connectivity index (χ4v) is 1.64. The van der Waals surface area contributed by atoms with Gasteiger partial charge in [0.25, 0.3) is 0 Å². The number of phenolic OH excluding ortho intramolecular Hbond substituents is 1. The molecule has 3 N–H and O–H groups in total. The minimum atomic E-state index is 0.0991. The van der Waals surface area contributed by atoms with E-state index in [2.05, 4.69) is 20.8 Å². The highest BCUT2D eigenvalue weighted by Gasteiger charge is 2.10. The molecule has 5 heteroatoms. The molecule has 0 saturated carbocycles. The van der Waals surface area contributed by atoms with E-state index in [1.165, 1.54) is 7.11 Å². The van der Waals surface area contributed by atoms with Crippen LogP contribution in [-0.4, -0.2) is 18.8 Å². The van der Waals surface area contributed by atoms with E-state index in [4.69, 9.17) is 10.6 Å². The predicted octanol–water partition coefficient (Wildman–Crippen LogP) is 1.60. The number of benzene rings is 1. The molecule has 0 bridgehead atoms. The number of nitrogens with two attached hydrogens (primary N) is 1. The van der Waals surface area contributed by atoms with Gasteiger partial charge in [-0.2, -0.15) is 0 Å². The Bertz CT molecular complexity index is 317. The standard InChI is InChI=1S/C9H12BrNO3/c1-13-7-3-2-6(4-5-14-11)8(10)9(7)12/h2-3,12H,4-5,11H2,1H3. The first kappa shape index (κ1) is 11.3. The first-order valence-electron chi connectivity index (χ1n) is 4.06. The number of phenols is 1. The van der Waals surface area contributed by atoms with Gasteiger partial charge < -0.3 is 14.7 Å². The summed E-state index contributed by atoms with van der Waals surface area (Å²) in [5, 5.41) is 9.63. The van der Waals surface area contributed by atoms with Crippen LogP contribution in [0.25, 0.3) is 0 Å². The maximum atomic E-state index is 9.63. The first-order valence-corrected chi connectivity index (χ1v) is 4.86. The third kappa shape index (κ3) is 2.37. The predicted molar refractivity (Wildman–Crippen MR) is 56.2 cm³/mol. The molecule has 0 amide bonds. The Morgan fingerprint density at radius 2 is 2.21 bits per heavy atom. The second-order valence-electron chi connectivity index (χ2n) is 2.71. The quantitative estimate of drug-likeness (QED) is 0.809. The van der Waals surface area contributed by atoms with Crippen molar-refractivity contribution in [2.75, 3.05) is 13.7 Å². The maximum Gasteiger partial charge on any atom is 0.172 e. The summed E-state index contributed by atoms with van der Waals surface area (Å²) >= 11 is 3.28. The number of hydrogen-bond donors (Lipinski definition) is 2. The average molecular weight is 262 g/mol. The normalized spacial score (nSPS) is 10.2. The SMILES string of the molecule is COc1ccc(CCON)c(Br)c1O. The van der Waals surface area contributed by atoms with E-state index in [0.29, 0.717) is 23.2 Å². The van der Waals surface area contributed by atoms with Crippen molar-refractivity contribution in [2.45, 2.75) is 6.42 Å². The Kier molecular flexibility index (Phi) is 4.19. The Morgan fingerprint density at radius 3 is 2.79 bits per heavy atom. The van der Waals surface area contributed by atoms with E-state index in [-0.39, 0.29) is 5.75 Å². The Hall–Kier alpha value is -0.780. The van der Waals surface area contributed by atoms with Gasteiger partial charge in [0.2, 0.25) is 0 Å². The number of halogens is 1. The zero-order chi connectivity index (χ0) is 10.6. The second kappa shape index (κ2) is 5.19. The van der Waals surface area contributed by atoms with Crippen LogP contribution in [0.1, 0.15) is 5.56 Å². The lowest BCUT2D eigenvalue weighted by atomic mass is 10.1. The largest absolute Gasteiger partial charge is 0.503 e. The molecule has 0 aromatic heterocycles. The summed E-state index contributed by atoms with van der Waals surface area (Å²) in [7, 11) is 1.50. The molecule has 4 nitrogen and oxygen atoms in total. The molecule has 1 aromatic rings. The van der Waals surface area contributed by atoms with E-state index in [1.807, 2.05) is 6.07 Å². The highest BCUT2D eigenvalue weighted by atomic mass is 79.9. The summed E-state index contributed by atoms with van der Waals surface area (Å²) < 4.78 is 5.57. The van der Waals surface area contributed by atoms with Crippen LogP contribution in [0.5, 0.6) is 11.5 Å². The molecule has 0 atom stereocenters. The number of aromatic hydroxyl groups is 1. The molecular formula is C9H12BrNO3. The van der Waals surface area contributed by atoms with Crippen molar-refractivity contribution < 1.29 is 14.7 Å². The van der Waals surface area contributed by atoms with Gasteiger partial charge in [-0.05, 0) is 34.0 Å². The third-order valence-electron chi connectivity index (χ3n) is 1.87. The number of ether oxygens (including phenoxy) is 1. The van der Waals surface area contributed by atoms with Gasteiger partial charge in [0.05, 0.1) is 18.2 Å². The molecular weight excluding hydrogens is 250 g/mol. The van der Waals surface area contributed by atoms with Gasteiger partial charge in [0, 0.05) is 0 Å². The molecule has 0 saturated heterocycles. The minimum Gasteiger partial charge on any atom is -0.503 e. The molecule has 0 unspecified atom stereocenters. The number of rotatable bonds is 4. The van der Waals surface area contributed by atoms with Crippen molar-refractivity contribution in [3.8, 4) is 11.5 Å². The van der Waals surface area contributed by atoms with Gasteiger partial charge in [-0.3, -0.25) is 0 Å². The van der Waals surface area contributed by atoms with Crippen molar-refractivity contribution in [1.82, 2.24) is 0 Å². The molecule has 1 aromatic carbocycles. The van der Waals surface area contributed by atoms with Gasteiger partial charge in [0.1, 0.15) is 0 Å². The van der Waals surface area contributed by atoms with Gasteiger partial charge in [-0.25, -0.2) is 5.90 Å². The highest BCUT2D eigenvalue weighted by Crippen LogP contribution is 2.36. The highest BCUT2D eigenvalue weighted by molar-refractivity contribution is 9.10. The van der Waals surface area contributed by atoms with Crippen LogP contribution in [0.15, 0.2) is 16.6 Å². The van der Waals surface area contributed by atoms with Crippen LogP contribution in [0.3, 0.4) is 0 Å². The fraction of sp³-hybridized carbons (Fsp3) is 0.333. The van der Waals surface area contributed by atoms with Crippen LogP contribution in [-0.2, 0) is 11.3 Å². The van der Waals surface area contributed by atoms with E-state index in [0.717, 1.165) is 5.56 Å². The summed E-state index contributed by atoms with van der Waals surface area (Å²) in [4.78, 5) is 4.46. The van der Waals surface area contributed by atoms with Crippen LogP contribution in [0.2, 0.25) is 0 Å². The average Bonchev–Trinajstić information content (AvgIpc) is 2.20. The van der Waals surface area contributed by atoms with E-state index >= 15 is 0 Å². The lowest BCUT2D eigenvalue weighted by Gasteiger charge is -2.09. The second-order valence-corrected chi connectivity index (χ2v) is 3.50. The summed E-state index contributed by atoms with van der Waals surface area (Å²) in [6.07, 6.45) is 0.634. The minimum absolute atomic E-state index is 0.0991. The fourth-order valence-electron chi connectivity index (χ4n) is 1.12. The lowest BCUT2D eigenvalue weighted by Crippen LogP contribution is -2.04. The summed E-state index contributed by atoms with van der Waals surface area (Å²) in [5.74, 6) is 5.46. The Morgan fingerprint density at radius 1 is 1.50 bits per heavy atom. The maximum absolute atomic E-state index is 9.63. The smallest absolute Gasteiger partial charge is 0.172 e. The molecule has 0 aliphatic carbocycles. The van der Waals surface area contributed by atoms with Crippen LogP contribution >= 0.6 is 15.9 Å². The first-order chi connectivity index (χ1) is 6.70. The molecule has 1 rings (SSSR count). The van der Waals surface area contributed by atoms with E-state index in [1.54, 1.807) is 6.07 Å². The molecule has 0 fully saturated rings. The van der Waals surface area contributed by atoms with Gasteiger partial charge in [-0.1, -0.05) is 6.07 Å². The van der Waals surface area contributed by atoms with Crippen LogP contribution in [0.4, 0.5) is 0 Å². The summed E-state index contributed by atoms with van der Waals surface area (Å²) in [6, 6.07) is 3.55. The zero-order valence-corrected chi connectivity index (χ0v) is 9.37. The summed E-state index contributed by atoms with van der Waals surface area (Å²) in [5.41, 5.74) is 0.925. The zero-order valence-electron chi connectivity index (χ0n) is 7.79. The molecule has 0 aliphatic rings. The number of methoxy groups -OCH3 is 1. The molecule has 78 valence electrons. The molecule has 0 spiro atoms. The van der Waals surface area contributed by atoms with Crippen molar-refractivity contribution >= 4 is 15.9 Å².